The highest BCUT2D eigenvalue weighted by Crippen LogP contribution is 2.27. The van der Waals surface area contributed by atoms with E-state index in [2.05, 4.69) is 32.2 Å². The third kappa shape index (κ3) is 3.38. The van der Waals surface area contributed by atoms with E-state index in [1.165, 1.54) is 24.8 Å². The smallest absolute Gasteiger partial charge is 0.108 e. The Labute approximate surface area is 99.4 Å². The van der Waals surface area contributed by atoms with E-state index in [0.717, 1.165) is 18.1 Å². The van der Waals surface area contributed by atoms with E-state index in [9.17, 15) is 0 Å². The first-order chi connectivity index (χ1) is 7.72. The highest BCUT2D eigenvalue weighted by molar-refractivity contribution is 5.21. The van der Waals surface area contributed by atoms with E-state index in [1.54, 1.807) is 0 Å². The van der Waals surface area contributed by atoms with Gasteiger partial charge in [-0.3, -0.25) is 0 Å². The number of rotatable bonds is 7. The van der Waals surface area contributed by atoms with Gasteiger partial charge in [-0.2, -0.15) is 0 Å². The molecule has 1 N–H and O–H groups in total. The molecule has 0 amide bonds. The van der Waals surface area contributed by atoms with Crippen LogP contribution in [0.4, 0.5) is 0 Å². The van der Waals surface area contributed by atoms with Crippen LogP contribution >= 0.6 is 0 Å². The fourth-order valence-corrected chi connectivity index (χ4v) is 2.36. The number of nitrogens with one attached hydrogen (secondary N) is 1. The van der Waals surface area contributed by atoms with Gasteiger partial charge >= 0.3 is 0 Å². The molecule has 0 aliphatic rings. The molecule has 0 fully saturated rings. The maximum absolute atomic E-state index is 5.50. The van der Waals surface area contributed by atoms with Crippen LogP contribution in [0, 0.1) is 5.92 Å². The lowest BCUT2D eigenvalue weighted by atomic mass is 9.93. The molecule has 16 heavy (non-hydrogen) atoms. The van der Waals surface area contributed by atoms with Gasteiger partial charge in [0.25, 0.3) is 0 Å². The summed E-state index contributed by atoms with van der Waals surface area (Å²) in [5.41, 5.74) is 1.34. The van der Waals surface area contributed by atoms with Gasteiger partial charge in [-0.15, -0.1) is 0 Å². The average Bonchev–Trinajstić information content (AvgIpc) is 2.74. The second kappa shape index (κ2) is 6.74. The largest absolute Gasteiger partial charge is 0.469 e. The monoisotopic (exact) mass is 223 g/mol. The second-order valence-corrected chi connectivity index (χ2v) is 4.62. The van der Waals surface area contributed by atoms with Gasteiger partial charge in [-0.05, 0) is 25.5 Å². The highest BCUT2D eigenvalue weighted by Gasteiger charge is 2.17. The molecule has 1 heterocycles. The molecule has 2 heteroatoms. The molecular formula is C14H25NO. The van der Waals surface area contributed by atoms with Crippen LogP contribution in [0.5, 0.6) is 0 Å². The highest BCUT2D eigenvalue weighted by atomic mass is 16.3. The van der Waals surface area contributed by atoms with Gasteiger partial charge in [-0.1, -0.05) is 33.6 Å². The summed E-state index contributed by atoms with van der Waals surface area (Å²) in [7, 11) is 2.04. The van der Waals surface area contributed by atoms with Gasteiger partial charge in [-0.25, -0.2) is 0 Å². The van der Waals surface area contributed by atoms with Crippen LogP contribution in [-0.2, 0) is 6.42 Å². The Morgan fingerprint density at radius 2 is 2.12 bits per heavy atom. The summed E-state index contributed by atoms with van der Waals surface area (Å²) in [4.78, 5) is 0. The van der Waals surface area contributed by atoms with E-state index < -0.39 is 0 Å². The summed E-state index contributed by atoms with van der Waals surface area (Å²) in [5.74, 6) is 1.89. The van der Waals surface area contributed by atoms with Crippen molar-refractivity contribution in [2.75, 3.05) is 7.05 Å². The van der Waals surface area contributed by atoms with E-state index in [0.29, 0.717) is 6.04 Å². The van der Waals surface area contributed by atoms with Gasteiger partial charge in [0.05, 0.1) is 6.26 Å². The van der Waals surface area contributed by atoms with Crippen LogP contribution in [0.15, 0.2) is 16.7 Å². The van der Waals surface area contributed by atoms with Crippen LogP contribution in [0.3, 0.4) is 0 Å². The topological polar surface area (TPSA) is 25.2 Å². The first-order valence-corrected chi connectivity index (χ1v) is 6.46. The van der Waals surface area contributed by atoms with Crippen LogP contribution in [0.1, 0.15) is 57.4 Å². The average molecular weight is 223 g/mol. The Morgan fingerprint density at radius 3 is 2.69 bits per heavy atom. The summed E-state index contributed by atoms with van der Waals surface area (Å²) >= 11 is 0. The van der Waals surface area contributed by atoms with Crippen LogP contribution in [0.25, 0.3) is 0 Å². The van der Waals surface area contributed by atoms with Gasteiger partial charge in [0.2, 0.25) is 0 Å². The molecule has 0 aliphatic carbocycles. The minimum absolute atomic E-state index is 0.440. The van der Waals surface area contributed by atoms with Gasteiger partial charge in [0.15, 0.2) is 0 Å². The Bertz CT molecular complexity index is 293. The third-order valence-electron chi connectivity index (χ3n) is 3.24. The van der Waals surface area contributed by atoms with Crippen molar-refractivity contribution in [2.45, 2.75) is 52.5 Å². The second-order valence-electron chi connectivity index (χ2n) is 4.62. The molecule has 0 aliphatic heterocycles. The molecule has 1 aromatic heterocycles. The number of hydrogen-bond donors (Lipinski definition) is 1. The zero-order chi connectivity index (χ0) is 12.0. The predicted octanol–water partition coefficient (Wildman–Crippen LogP) is 3.93. The molecule has 0 saturated heterocycles. The molecule has 92 valence electrons. The summed E-state index contributed by atoms with van der Waals surface area (Å²) < 4.78 is 5.50. The molecule has 1 rings (SSSR count). The summed E-state index contributed by atoms with van der Waals surface area (Å²) in [6, 6.07) is 2.55. The normalized spacial score (nSPS) is 15.0. The van der Waals surface area contributed by atoms with E-state index in [4.69, 9.17) is 4.42 Å². The first-order valence-electron chi connectivity index (χ1n) is 6.46. The van der Waals surface area contributed by atoms with Crippen molar-refractivity contribution < 1.29 is 4.42 Å². The maximum Gasteiger partial charge on any atom is 0.108 e. The Balaban J connectivity index is 2.66. The SMILES string of the molecule is CCCC(C)CC(NC)c1ccoc1CC. The number of furan rings is 1. The lowest BCUT2D eigenvalue weighted by molar-refractivity contribution is 0.399. The predicted molar refractivity (Wildman–Crippen MR) is 68.6 cm³/mol. The summed E-state index contributed by atoms with van der Waals surface area (Å²) in [5, 5.41) is 3.41. The summed E-state index contributed by atoms with van der Waals surface area (Å²) in [6.45, 7) is 6.73. The lowest BCUT2D eigenvalue weighted by Crippen LogP contribution is -2.19. The van der Waals surface area contributed by atoms with Crippen molar-refractivity contribution in [3.8, 4) is 0 Å². The molecule has 0 saturated carbocycles. The Morgan fingerprint density at radius 1 is 1.38 bits per heavy atom. The fraction of sp³-hybridized carbons (Fsp3) is 0.714. The zero-order valence-corrected chi connectivity index (χ0v) is 11.0. The van der Waals surface area contributed by atoms with Crippen LogP contribution in [0.2, 0.25) is 0 Å². The van der Waals surface area contributed by atoms with Gasteiger partial charge in [0, 0.05) is 18.0 Å². The van der Waals surface area contributed by atoms with Crippen molar-refractivity contribution in [1.82, 2.24) is 5.32 Å². The van der Waals surface area contributed by atoms with Crippen LogP contribution in [-0.4, -0.2) is 7.05 Å². The molecule has 2 atom stereocenters. The third-order valence-corrected chi connectivity index (χ3v) is 3.24. The van der Waals surface area contributed by atoms with E-state index in [1.807, 2.05) is 13.3 Å². The minimum atomic E-state index is 0.440. The van der Waals surface area contributed by atoms with Crippen LogP contribution < -0.4 is 5.32 Å². The first kappa shape index (κ1) is 13.3. The molecule has 2 unspecified atom stereocenters. The fourth-order valence-electron chi connectivity index (χ4n) is 2.36. The standard InChI is InChI=1S/C14H25NO/c1-5-7-11(3)10-13(15-4)12-8-9-16-14(12)6-2/h8-9,11,13,15H,5-7,10H2,1-4H3. The van der Waals surface area contributed by atoms with Crippen molar-refractivity contribution in [1.29, 1.82) is 0 Å². The zero-order valence-electron chi connectivity index (χ0n) is 11.0. The van der Waals surface area contributed by atoms with Crippen molar-refractivity contribution >= 4 is 0 Å². The maximum atomic E-state index is 5.50. The van der Waals surface area contributed by atoms with Gasteiger partial charge < -0.3 is 9.73 Å². The molecule has 0 aromatic carbocycles. The van der Waals surface area contributed by atoms with Crippen molar-refractivity contribution in [3.63, 3.8) is 0 Å². The molecule has 0 radical (unpaired) electrons. The number of hydrogen-bond acceptors (Lipinski definition) is 2. The van der Waals surface area contributed by atoms with E-state index >= 15 is 0 Å². The van der Waals surface area contributed by atoms with Gasteiger partial charge in [0.1, 0.15) is 5.76 Å². The molecule has 2 nitrogen and oxygen atoms in total. The van der Waals surface area contributed by atoms with Crippen molar-refractivity contribution in [3.05, 3.63) is 23.7 Å². The minimum Gasteiger partial charge on any atom is -0.469 e. The summed E-state index contributed by atoms with van der Waals surface area (Å²) in [6.07, 6.45) is 6.55. The number of aryl methyl sites for hydroxylation is 1. The Hall–Kier alpha value is -0.760. The molecular weight excluding hydrogens is 198 g/mol. The van der Waals surface area contributed by atoms with Crippen molar-refractivity contribution in [2.24, 2.45) is 5.92 Å². The molecule has 0 spiro atoms. The molecule has 1 aromatic rings. The molecule has 0 bridgehead atoms. The van der Waals surface area contributed by atoms with E-state index in [-0.39, 0.29) is 0 Å². The lowest BCUT2D eigenvalue weighted by Gasteiger charge is -2.20. The Kier molecular flexibility index (Phi) is 5.61. The quantitative estimate of drug-likeness (QED) is 0.757.